The zero-order valence-electron chi connectivity index (χ0n) is 22.7. The average molecular weight is 548 g/mol. The SMILES string of the molecule is CN1CCN(c2ccc3ncc(C(=O)N4CCc5c(C(=O)Nc6cc(C(C)(C)C)no6)csc5C4)n3c2)CC1. The Labute approximate surface area is 231 Å². The van der Waals surface area contributed by atoms with Crippen molar-refractivity contribution < 1.29 is 14.1 Å². The number of anilines is 2. The summed E-state index contributed by atoms with van der Waals surface area (Å²) >= 11 is 1.51. The normalized spacial score (nSPS) is 16.5. The first-order chi connectivity index (χ1) is 18.7. The second-order valence-electron chi connectivity index (χ2n) is 11.4. The van der Waals surface area contributed by atoms with Gasteiger partial charge in [-0.1, -0.05) is 25.9 Å². The molecule has 0 unspecified atom stereocenters. The summed E-state index contributed by atoms with van der Waals surface area (Å²) in [7, 11) is 2.14. The first-order valence-corrected chi connectivity index (χ1v) is 14.1. The van der Waals surface area contributed by atoms with Crippen molar-refractivity contribution >= 4 is 40.4 Å². The van der Waals surface area contributed by atoms with Gasteiger partial charge in [0.1, 0.15) is 11.3 Å². The van der Waals surface area contributed by atoms with Crippen LogP contribution in [0.2, 0.25) is 0 Å². The zero-order valence-corrected chi connectivity index (χ0v) is 23.5. The lowest BCUT2D eigenvalue weighted by Gasteiger charge is -2.34. The lowest BCUT2D eigenvalue weighted by atomic mass is 9.92. The molecule has 0 aliphatic carbocycles. The summed E-state index contributed by atoms with van der Waals surface area (Å²) in [6, 6.07) is 5.82. The molecule has 0 bridgehead atoms. The molecule has 10 nitrogen and oxygen atoms in total. The third kappa shape index (κ3) is 4.92. The van der Waals surface area contributed by atoms with Crippen LogP contribution in [0.15, 0.2) is 40.5 Å². The molecule has 0 aromatic carbocycles. The predicted octanol–water partition coefficient (Wildman–Crippen LogP) is 3.88. The first kappa shape index (κ1) is 25.6. The van der Waals surface area contributed by atoms with E-state index in [1.54, 1.807) is 12.3 Å². The van der Waals surface area contributed by atoms with Crippen LogP contribution in [-0.4, -0.2) is 75.9 Å². The number of rotatable bonds is 4. The third-order valence-corrected chi connectivity index (χ3v) is 8.59. The first-order valence-electron chi connectivity index (χ1n) is 13.2. The van der Waals surface area contributed by atoms with Crippen LogP contribution in [0.25, 0.3) is 5.65 Å². The number of amides is 2. The number of likely N-dealkylation sites (N-methyl/N-ethyl adjacent to an activating group) is 1. The predicted molar refractivity (Wildman–Crippen MR) is 151 cm³/mol. The Morgan fingerprint density at radius 1 is 1.10 bits per heavy atom. The number of nitrogens with zero attached hydrogens (tertiary/aromatic N) is 6. The van der Waals surface area contributed by atoms with Gasteiger partial charge in [-0.15, -0.1) is 11.3 Å². The Kier molecular flexibility index (Phi) is 6.43. The molecule has 2 amide bonds. The van der Waals surface area contributed by atoms with E-state index in [-0.39, 0.29) is 17.2 Å². The molecule has 4 aromatic heterocycles. The molecular weight excluding hydrogens is 514 g/mol. The minimum atomic E-state index is -0.220. The molecule has 6 rings (SSSR count). The molecule has 6 heterocycles. The van der Waals surface area contributed by atoms with Gasteiger partial charge in [-0.3, -0.25) is 19.3 Å². The van der Waals surface area contributed by atoms with E-state index in [4.69, 9.17) is 4.52 Å². The number of hydrogen-bond acceptors (Lipinski definition) is 8. The van der Waals surface area contributed by atoms with E-state index in [2.05, 4.69) is 38.4 Å². The molecule has 0 atom stereocenters. The van der Waals surface area contributed by atoms with Gasteiger partial charge >= 0.3 is 0 Å². The molecule has 1 N–H and O–H groups in total. The van der Waals surface area contributed by atoms with Gasteiger partial charge in [0.15, 0.2) is 0 Å². The van der Waals surface area contributed by atoms with Gasteiger partial charge in [0, 0.05) is 60.7 Å². The summed E-state index contributed by atoms with van der Waals surface area (Å²) in [5.41, 5.74) is 4.64. The Balaban J connectivity index is 1.17. The molecule has 0 saturated carbocycles. The van der Waals surface area contributed by atoms with Crippen LogP contribution >= 0.6 is 11.3 Å². The standard InChI is InChI=1S/C28H33N7O3S/c1-28(2,3)23-13-25(38-31-23)30-26(36)20-17-39-22-16-34(8-7-19(20)22)27(37)21-14-29-24-6-5-18(15-35(21)24)33-11-9-32(4)10-12-33/h5-6,13-15,17H,7-12,16H2,1-4H3,(H,30,36). The maximum Gasteiger partial charge on any atom is 0.272 e. The number of fused-ring (bicyclic) bond motifs is 2. The molecule has 1 fully saturated rings. The summed E-state index contributed by atoms with van der Waals surface area (Å²) in [5, 5.41) is 8.78. The summed E-state index contributed by atoms with van der Waals surface area (Å²) < 4.78 is 7.24. The van der Waals surface area contributed by atoms with Crippen molar-refractivity contribution in [1.82, 2.24) is 24.3 Å². The van der Waals surface area contributed by atoms with Crippen molar-refractivity contribution in [3.63, 3.8) is 0 Å². The fraction of sp³-hybridized carbons (Fsp3) is 0.429. The monoisotopic (exact) mass is 547 g/mol. The summed E-state index contributed by atoms with van der Waals surface area (Å²) in [4.78, 5) is 38.7. The van der Waals surface area contributed by atoms with Crippen LogP contribution in [0.1, 0.15) is 57.8 Å². The van der Waals surface area contributed by atoms with Gasteiger partial charge < -0.3 is 19.2 Å². The number of carbonyl (C=O) groups excluding carboxylic acids is 2. The second kappa shape index (κ2) is 9.80. The quantitative estimate of drug-likeness (QED) is 0.414. The smallest absolute Gasteiger partial charge is 0.272 e. The zero-order chi connectivity index (χ0) is 27.3. The molecule has 4 aromatic rings. The van der Waals surface area contributed by atoms with Crippen LogP contribution in [0.3, 0.4) is 0 Å². The van der Waals surface area contributed by atoms with Crippen molar-refractivity contribution in [3.05, 3.63) is 63.4 Å². The largest absolute Gasteiger partial charge is 0.368 e. The molecule has 0 radical (unpaired) electrons. The number of nitrogens with one attached hydrogen (secondary N) is 1. The third-order valence-electron chi connectivity index (χ3n) is 7.57. The number of pyridine rings is 1. The Hall–Kier alpha value is -3.70. The van der Waals surface area contributed by atoms with Gasteiger partial charge in [-0.05, 0) is 31.2 Å². The van der Waals surface area contributed by atoms with Crippen LogP contribution in [0.4, 0.5) is 11.6 Å². The number of thiophene rings is 1. The molecule has 39 heavy (non-hydrogen) atoms. The molecule has 2 aliphatic rings. The highest BCUT2D eigenvalue weighted by atomic mass is 32.1. The van der Waals surface area contributed by atoms with Crippen molar-refractivity contribution in [3.8, 4) is 0 Å². The maximum atomic E-state index is 13.6. The van der Waals surface area contributed by atoms with Gasteiger partial charge in [-0.25, -0.2) is 4.98 Å². The van der Waals surface area contributed by atoms with Crippen LogP contribution in [-0.2, 0) is 18.4 Å². The highest BCUT2D eigenvalue weighted by Gasteiger charge is 2.29. The molecule has 1 saturated heterocycles. The fourth-order valence-electron chi connectivity index (χ4n) is 5.10. The second-order valence-corrected chi connectivity index (χ2v) is 12.3. The summed E-state index contributed by atoms with van der Waals surface area (Å²) in [6.45, 7) is 11.1. The molecular formula is C28H33N7O3S. The highest BCUT2D eigenvalue weighted by Crippen LogP contribution is 2.31. The van der Waals surface area contributed by atoms with E-state index in [1.165, 1.54) is 11.3 Å². The molecule has 11 heteroatoms. The average Bonchev–Trinajstić information content (AvgIpc) is 3.66. The van der Waals surface area contributed by atoms with Gasteiger partial charge in [0.2, 0.25) is 5.88 Å². The van der Waals surface area contributed by atoms with Crippen LogP contribution < -0.4 is 10.2 Å². The number of aromatic nitrogens is 3. The van der Waals surface area contributed by atoms with E-state index in [0.717, 1.165) is 53.6 Å². The summed E-state index contributed by atoms with van der Waals surface area (Å²) in [6.07, 6.45) is 4.30. The fourth-order valence-corrected chi connectivity index (χ4v) is 6.19. The van der Waals surface area contributed by atoms with E-state index in [0.29, 0.717) is 36.7 Å². The number of carbonyl (C=O) groups is 2. The lowest BCUT2D eigenvalue weighted by molar-refractivity contribution is 0.0730. The van der Waals surface area contributed by atoms with Gasteiger partial charge in [0.25, 0.3) is 11.8 Å². The lowest BCUT2D eigenvalue weighted by Crippen LogP contribution is -2.44. The number of imidazole rings is 1. The molecule has 2 aliphatic heterocycles. The number of piperazine rings is 1. The van der Waals surface area contributed by atoms with E-state index >= 15 is 0 Å². The molecule has 204 valence electrons. The van der Waals surface area contributed by atoms with Gasteiger partial charge in [-0.2, -0.15) is 0 Å². The van der Waals surface area contributed by atoms with Crippen molar-refractivity contribution in [2.45, 2.75) is 39.2 Å². The Morgan fingerprint density at radius 3 is 2.64 bits per heavy atom. The topological polar surface area (TPSA) is 99.2 Å². The van der Waals surface area contributed by atoms with E-state index in [9.17, 15) is 9.59 Å². The van der Waals surface area contributed by atoms with Crippen molar-refractivity contribution in [2.24, 2.45) is 0 Å². The van der Waals surface area contributed by atoms with Crippen molar-refractivity contribution in [1.29, 1.82) is 0 Å². The molecule has 0 spiro atoms. The van der Waals surface area contributed by atoms with E-state index in [1.807, 2.05) is 47.7 Å². The van der Waals surface area contributed by atoms with E-state index < -0.39 is 0 Å². The highest BCUT2D eigenvalue weighted by molar-refractivity contribution is 7.10. The Morgan fingerprint density at radius 2 is 1.90 bits per heavy atom. The minimum absolute atomic E-state index is 0.0561. The minimum Gasteiger partial charge on any atom is -0.368 e. The van der Waals surface area contributed by atoms with Crippen molar-refractivity contribution in [2.75, 3.05) is 50.0 Å². The van der Waals surface area contributed by atoms with Crippen LogP contribution in [0, 0.1) is 0 Å². The number of hydrogen-bond donors (Lipinski definition) is 1. The van der Waals surface area contributed by atoms with Gasteiger partial charge in [0.05, 0.1) is 29.7 Å². The Bertz CT molecular complexity index is 1540. The summed E-state index contributed by atoms with van der Waals surface area (Å²) in [5.74, 6) is 0.0580. The maximum absolute atomic E-state index is 13.6. The van der Waals surface area contributed by atoms with Crippen LogP contribution in [0.5, 0.6) is 0 Å².